The quantitative estimate of drug-likeness (QED) is 0.812. The van der Waals surface area contributed by atoms with Gasteiger partial charge >= 0.3 is 11.8 Å². The van der Waals surface area contributed by atoms with Crippen molar-refractivity contribution < 1.29 is 9.59 Å². The lowest BCUT2D eigenvalue weighted by molar-refractivity contribution is -0.139. The van der Waals surface area contributed by atoms with Gasteiger partial charge in [0.05, 0.1) is 0 Å². The minimum absolute atomic E-state index is 0.146. The van der Waals surface area contributed by atoms with E-state index in [4.69, 9.17) is 11.6 Å². The predicted octanol–water partition coefficient (Wildman–Crippen LogP) is 3.08. The summed E-state index contributed by atoms with van der Waals surface area (Å²) in [5, 5.41) is 6.21. The van der Waals surface area contributed by atoms with E-state index in [1.807, 2.05) is 24.3 Å². The molecule has 4 nitrogen and oxygen atoms in total. The molecule has 126 valence electrons. The second-order valence-electron chi connectivity index (χ2n) is 6.23. The highest BCUT2D eigenvalue weighted by Gasteiger charge is 2.23. The first-order chi connectivity index (χ1) is 11.1. The van der Waals surface area contributed by atoms with Crippen molar-refractivity contribution in [2.75, 3.05) is 6.54 Å². The van der Waals surface area contributed by atoms with Gasteiger partial charge in [0.1, 0.15) is 0 Å². The standard InChI is InChI=1S/C18H25ClN2O2/c1-2-13-5-9-16(10-6-13)21-18(23)17(22)20-12-11-14-3-7-15(19)8-4-14/h3-4,7-8,13,16H,2,5-6,9-12H2,1H3,(H,20,22)(H,21,23). The SMILES string of the molecule is CCC1CCC(NC(=O)C(=O)NCCc2ccc(Cl)cc2)CC1. The molecule has 1 saturated carbocycles. The van der Waals surface area contributed by atoms with E-state index < -0.39 is 11.8 Å². The molecule has 5 heteroatoms. The van der Waals surface area contributed by atoms with Crippen LogP contribution in [0.2, 0.25) is 5.02 Å². The van der Waals surface area contributed by atoms with E-state index >= 15 is 0 Å². The monoisotopic (exact) mass is 336 g/mol. The van der Waals surface area contributed by atoms with Crippen LogP contribution in [-0.2, 0) is 16.0 Å². The second-order valence-corrected chi connectivity index (χ2v) is 6.67. The van der Waals surface area contributed by atoms with Gasteiger partial charge < -0.3 is 10.6 Å². The molecule has 2 N–H and O–H groups in total. The maximum Gasteiger partial charge on any atom is 0.309 e. The molecule has 2 amide bonds. The summed E-state index contributed by atoms with van der Waals surface area (Å²) in [6.45, 7) is 2.65. The molecular formula is C18H25ClN2O2. The average molecular weight is 337 g/mol. The van der Waals surface area contributed by atoms with Gasteiger partial charge in [-0.3, -0.25) is 9.59 Å². The second kappa shape index (κ2) is 8.92. The van der Waals surface area contributed by atoms with E-state index in [0.29, 0.717) is 18.0 Å². The Morgan fingerprint density at radius 1 is 1.09 bits per heavy atom. The number of amides is 2. The highest BCUT2D eigenvalue weighted by atomic mass is 35.5. The van der Waals surface area contributed by atoms with E-state index in [2.05, 4.69) is 17.6 Å². The van der Waals surface area contributed by atoms with Crippen LogP contribution in [-0.4, -0.2) is 24.4 Å². The average Bonchev–Trinajstić information content (AvgIpc) is 2.57. The van der Waals surface area contributed by atoms with Crippen molar-refractivity contribution in [2.45, 2.75) is 51.5 Å². The largest absolute Gasteiger partial charge is 0.348 e. The first-order valence-corrected chi connectivity index (χ1v) is 8.79. The molecule has 0 bridgehead atoms. The van der Waals surface area contributed by atoms with Gasteiger partial charge in [0.25, 0.3) is 0 Å². The highest BCUT2D eigenvalue weighted by Crippen LogP contribution is 2.26. The van der Waals surface area contributed by atoms with Crippen molar-refractivity contribution in [3.63, 3.8) is 0 Å². The summed E-state index contributed by atoms with van der Waals surface area (Å²) < 4.78 is 0. The normalized spacial score (nSPS) is 20.8. The number of carbonyl (C=O) groups is 2. The van der Waals surface area contributed by atoms with E-state index in [-0.39, 0.29) is 6.04 Å². The van der Waals surface area contributed by atoms with Gasteiger partial charge in [0.2, 0.25) is 0 Å². The molecule has 2 rings (SSSR count). The zero-order chi connectivity index (χ0) is 16.7. The van der Waals surface area contributed by atoms with Crippen molar-refractivity contribution >= 4 is 23.4 Å². The third-order valence-corrected chi connectivity index (χ3v) is 4.83. The van der Waals surface area contributed by atoms with Crippen LogP contribution < -0.4 is 10.6 Å². The Morgan fingerprint density at radius 2 is 1.74 bits per heavy atom. The maximum atomic E-state index is 11.9. The van der Waals surface area contributed by atoms with Crippen molar-refractivity contribution in [1.29, 1.82) is 0 Å². The van der Waals surface area contributed by atoms with Crippen LogP contribution in [0.15, 0.2) is 24.3 Å². The van der Waals surface area contributed by atoms with Crippen LogP contribution in [0.25, 0.3) is 0 Å². The minimum Gasteiger partial charge on any atom is -0.348 e. The summed E-state index contributed by atoms with van der Waals surface area (Å²) in [7, 11) is 0. The van der Waals surface area contributed by atoms with Gasteiger partial charge in [-0.1, -0.05) is 37.1 Å². The molecule has 0 radical (unpaired) electrons. The van der Waals surface area contributed by atoms with E-state index in [9.17, 15) is 9.59 Å². The number of hydrogen-bond acceptors (Lipinski definition) is 2. The van der Waals surface area contributed by atoms with Gasteiger partial charge in [0, 0.05) is 17.6 Å². The zero-order valence-electron chi connectivity index (χ0n) is 13.6. The molecule has 1 aliphatic rings. The lowest BCUT2D eigenvalue weighted by Crippen LogP contribution is -2.46. The molecular weight excluding hydrogens is 312 g/mol. The Labute approximate surface area is 143 Å². The van der Waals surface area contributed by atoms with Gasteiger partial charge in [-0.05, 0) is 55.7 Å². The van der Waals surface area contributed by atoms with Crippen molar-refractivity contribution in [2.24, 2.45) is 5.92 Å². The van der Waals surface area contributed by atoms with Gasteiger partial charge in [-0.25, -0.2) is 0 Å². The Bertz CT molecular complexity index is 522. The highest BCUT2D eigenvalue weighted by molar-refractivity contribution is 6.35. The number of hydrogen-bond donors (Lipinski definition) is 2. The molecule has 0 aliphatic heterocycles. The third-order valence-electron chi connectivity index (χ3n) is 4.58. The summed E-state index contributed by atoms with van der Waals surface area (Å²) in [6.07, 6.45) is 6.10. The van der Waals surface area contributed by atoms with Crippen LogP contribution in [0, 0.1) is 5.92 Å². The van der Waals surface area contributed by atoms with Crippen LogP contribution in [0.4, 0.5) is 0 Å². The predicted molar refractivity (Wildman–Crippen MR) is 92.3 cm³/mol. The minimum atomic E-state index is -0.545. The number of halogens is 1. The molecule has 1 fully saturated rings. The van der Waals surface area contributed by atoms with Crippen LogP contribution >= 0.6 is 11.6 Å². The number of benzene rings is 1. The van der Waals surface area contributed by atoms with Crippen LogP contribution in [0.1, 0.15) is 44.6 Å². The van der Waals surface area contributed by atoms with E-state index in [1.165, 1.54) is 6.42 Å². The Hall–Kier alpha value is -1.55. The fourth-order valence-electron chi connectivity index (χ4n) is 3.02. The van der Waals surface area contributed by atoms with E-state index in [1.54, 1.807) is 0 Å². The molecule has 1 aromatic carbocycles. The first-order valence-electron chi connectivity index (χ1n) is 8.41. The molecule has 0 atom stereocenters. The van der Waals surface area contributed by atoms with Crippen LogP contribution in [0.5, 0.6) is 0 Å². The molecule has 0 spiro atoms. The molecule has 0 unspecified atom stereocenters. The Balaban J connectivity index is 1.67. The van der Waals surface area contributed by atoms with Crippen molar-refractivity contribution in [3.8, 4) is 0 Å². The van der Waals surface area contributed by atoms with Crippen LogP contribution in [0.3, 0.4) is 0 Å². The molecule has 0 saturated heterocycles. The van der Waals surface area contributed by atoms with Crippen molar-refractivity contribution in [3.05, 3.63) is 34.9 Å². The first kappa shape index (κ1) is 17.8. The number of nitrogens with one attached hydrogen (secondary N) is 2. The third kappa shape index (κ3) is 5.87. The molecule has 0 heterocycles. The fourth-order valence-corrected chi connectivity index (χ4v) is 3.14. The summed E-state index contributed by atoms with van der Waals surface area (Å²) in [6, 6.07) is 7.62. The zero-order valence-corrected chi connectivity index (χ0v) is 14.4. The maximum absolute atomic E-state index is 11.9. The van der Waals surface area contributed by atoms with Gasteiger partial charge in [-0.15, -0.1) is 0 Å². The fraction of sp³-hybridized carbons (Fsp3) is 0.556. The lowest BCUT2D eigenvalue weighted by atomic mass is 9.84. The summed E-state index contributed by atoms with van der Waals surface area (Å²) >= 11 is 5.83. The molecule has 1 aromatic rings. The topological polar surface area (TPSA) is 58.2 Å². The summed E-state index contributed by atoms with van der Waals surface area (Å²) in [5.74, 6) is -0.283. The number of carbonyl (C=O) groups excluding carboxylic acids is 2. The molecule has 0 aromatic heterocycles. The summed E-state index contributed by atoms with van der Waals surface area (Å²) in [5.41, 5.74) is 1.08. The Kier molecular flexibility index (Phi) is 6.90. The van der Waals surface area contributed by atoms with Crippen molar-refractivity contribution in [1.82, 2.24) is 10.6 Å². The molecule has 23 heavy (non-hydrogen) atoms. The molecule has 1 aliphatic carbocycles. The lowest BCUT2D eigenvalue weighted by Gasteiger charge is -2.28. The van der Waals surface area contributed by atoms with Gasteiger partial charge in [0.15, 0.2) is 0 Å². The summed E-state index contributed by atoms with van der Waals surface area (Å²) in [4.78, 5) is 23.7. The van der Waals surface area contributed by atoms with E-state index in [0.717, 1.165) is 37.2 Å². The van der Waals surface area contributed by atoms with Gasteiger partial charge in [-0.2, -0.15) is 0 Å². The smallest absolute Gasteiger partial charge is 0.309 e. The Morgan fingerprint density at radius 3 is 2.35 bits per heavy atom. The number of rotatable bonds is 5.